The van der Waals surface area contributed by atoms with Crippen LogP contribution < -0.4 is 0 Å². The third-order valence-corrected chi connectivity index (χ3v) is 4.07. The Morgan fingerprint density at radius 2 is 2.00 bits per heavy atom. The molecule has 2 fully saturated rings. The molecule has 1 heterocycles. The van der Waals surface area contributed by atoms with E-state index in [0.717, 1.165) is 24.3 Å². The highest BCUT2D eigenvalue weighted by molar-refractivity contribution is 6.16. The Labute approximate surface area is 95.6 Å². The lowest BCUT2D eigenvalue weighted by atomic mass is 9.98. The molecule has 0 spiro atoms. The normalized spacial score (nSPS) is 21.2. The predicted octanol–water partition coefficient (Wildman–Crippen LogP) is 3.06. The molecule has 2 nitrogen and oxygen atoms in total. The minimum absolute atomic E-state index is 0.585. The van der Waals surface area contributed by atoms with Crippen molar-refractivity contribution in [3.8, 4) is 0 Å². The summed E-state index contributed by atoms with van der Waals surface area (Å²) >= 11 is 5.89. The standard InChI is InChI=1S/C12H17ClN2/c13-5-11-6-14-8-15(11)7-12(9-1-2-9)10-3-4-10/h6,8-10,12H,1-5,7H2. The zero-order valence-corrected chi connectivity index (χ0v) is 9.66. The number of hydrogen-bond donors (Lipinski definition) is 0. The lowest BCUT2D eigenvalue weighted by Crippen LogP contribution is -2.15. The molecule has 0 unspecified atom stereocenters. The Balaban J connectivity index is 1.71. The van der Waals surface area contributed by atoms with E-state index in [2.05, 4.69) is 9.55 Å². The van der Waals surface area contributed by atoms with Crippen LogP contribution in [0.5, 0.6) is 0 Å². The fourth-order valence-corrected chi connectivity index (χ4v) is 2.81. The molecule has 1 aromatic rings. The summed E-state index contributed by atoms with van der Waals surface area (Å²) in [6.07, 6.45) is 9.63. The van der Waals surface area contributed by atoms with E-state index in [0.29, 0.717) is 5.88 Å². The van der Waals surface area contributed by atoms with Gasteiger partial charge in [0.25, 0.3) is 0 Å². The average molecular weight is 225 g/mol. The molecule has 0 saturated heterocycles. The van der Waals surface area contributed by atoms with Crippen molar-refractivity contribution >= 4 is 11.6 Å². The van der Waals surface area contributed by atoms with Crippen molar-refractivity contribution in [1.29, 1.82) is 0 Å². The van der Waals surface area contributed by atoms with E-state index in [4.69, 9.17) is 11.6 Å². The van der Waals surface area contributed by atoms with E-state index in [9.17, 15) is 0 Å². The van der Waals surface area contributed by atoms with Gasteiger partial charge in [-0.2, -0.15) is 0 Å². The SMILES string of the molecule is ClCc1cncn1CC(C1CC1)C1CC1. The summed E-state index contributed by atoms with van der Waals surface area (Å²) in [4.78, 5) is 4.18. The number of nitrogens with zero attached hydrogens (tertiary/aromatic N) is 2. The lowest BCUT2D eigenvalue weighted by molar-refractivity contribution is 0.346. The summed E-state index contributed by atoms with van der Waals surface area (Å²) < 4.78 is 2.26. The van der Waals surface area contributed by atoms with Gasteiger partial charge >= 0.3 is 0 Å². The van der Waals surface area contributed by atoms with Crippen LogP contribution in [-0.4, -0.2) is 9.55 Å². The van der Waals surface area contributed by atoms with Gasteiger partial charge in [0.05, 0.1) is 17.9 Å². The van der Waals surface area contributed by atoms with Crippen molar-refractivity contribution in [2.24, 2.45) is 17.8 Å². The summed E-state index contributed by atoms with van der Waals surface area (Å²) in [6.45, 7) is 1.15. The fourth-order valence-electron chi connectivity index (χ4n) is 2.58. The molecular weight excluding hydrogens is 208 g/mol. The Bertz CT molecular complexity index is 327. The van der Waals surface area contributed by atoms with Crippen molar-refractivity contribution in [2.75, 3.05) is 0 Å². The minimum Gasteiger partial charge on any atom is -0.333 e. The highest BCUT2D eigenvalue weighted by Crippen LogP contribution is 2.49. The van der Waals surface area contributed by atoms with Crippen molar-refractivity contribution in [3.05, 3.63) is 18.2 Å². The van der Waals surface area contributed by atoms with Crippen LogP contribution in [0.1, 0.15) is 31.4 Å². The molecule has 2 aliphatic carbocycles. The smallest absolute Gasteiger partial charge is 0.0948 e. The van der Waals surface area contributed by atoms with Crippen LogP contribution in [0.15, 0.2) is 12.5 Å². The first-order valence-corrected chi connectivity index (χ1v) is 6.47. The maximum Gasteiger partial charge on any atom is 0.0948 e. The average Bonchev–Trinajstić information content (AvgIpc) is 3.14. The third kappa shape index (κ3) is 2.05. The van der Waals surface area contributed by atoms with Gasteiger partial charge in [0.15, 0.2) is 0 Å². The molecule has 2 aliphatic rings. The third-order valence-electron chi connectivity index (χ3n) is 3.80. The fraction of sp³-hybridized carbons (Fsp3) is 0.750. The second-order valence-electron chi connectivity index (χ2n) is 5.01. The molecule has 0 aromatic carbocycles. The van der Waals surface area contributed by atoms with Gasteiger partial charge in [0.2, 0.25) is 0 Å². The van der Waals surface area contributed by atoms with E-state index in [-0.39, 0.29) is 0 Å². The molecule has 3 heteroatoms. The summed E-state index contributed by atoms with van der Waals surface area (Å²) in [5, 5.41) is 0. The summed E-state index contributed by atoms with van der Waals surface area (Å²) in [5.74, 6) is 3.49. The van der Waals surface area contributed by atoms with Gasteiger partial charge in [-0.25, -0.2) is 4.98 Å². The molecule has 15 heavy (non-hydrogen) atoms. The largest absolute Gasteiger partial charge is 0.333 e. The molecular formula is C12H17ClN2. The quantitative estimate of drug-likeness (QED) is 0.703. The first kappa shape index (κ1) is 9.71. The molecule has 0 amide bonds. The monoisotopic (exact) mass is 224 g/mol. The van der Waals surface area contributed by atoms with Crippen LogP contribution in [0.25, 0.3) is 0 Å². The topological polar surface area (TPSA) is 17.8 Å². The molecule has 2 saturated carbocycles. The van der Waals surface area contributed by atoms with Gasteiger partial charge in [-0.15, -0.1) is 11.6 Å². The van der Waals surface area contributed by atoms with Gasteiger partial charge < -0.3 is 4.57 Å². The van der Waals surface area contributed by atoms with E-state index in [1.165, 1.54) is 31.4 Å². The Kier molecular flexibility index (Phi) is 2.47. The van der Waals surface area contributed by atoms with Crippen LogP contribution in [0.4, 0.5) is 0 Å². The number of imidazole rings is 1. The van der Waals surface area contributed by atoms with E-state index in [1.807, 2.05) is 12.5 Å². The molecule has 82 valence electrons. The highest BCUT2D eigenvalue weighted by atomic mass is 35.5. The number of hydrogen-bond acceptors (Lipinski definition) is 1. The van der Waals surface area contributed by atoms with E-state index < -0.39 is 0 Å². The van der Waals surface area contributed by atoms with Crippen molar-refractivity contribution < 1.29 is 0 Å². The zero-order valence-electron chi connectivity index (χ0n) is 8.90. The lowest BCUT2D eigenvalue weighted by Gasteiger charge is -2.17. The van der Waals surface area contributed by atoms with Crippen molar-refractivity contribution in [1.82, 2.24) is 9.55 Å². The number of halogens is 1. The van der Waals surface area contributed by atoms with Gasteiger partial charge in [-0.05, 0) is 43.4 Å². The van der Waals surface area contributed by atoms with E-state index in [1.54, 1.807) is 0 Å². The second kappa shape index (κ2) is 3.82. The minimum atomic E-state index is 0.585. The van der Waals surface area contributed by atoms with Gasteiger partial charge in [-0.1, -0.05) is 0 Å². The molecule has 0 aliphatic heterocycles. The number of alkyl halides is 1. The Morgan fingerprint density at radius 3 is 2.53 bits per heavy atom. The van der Waals surface area contributed by atoms with Crippen LogP contribution >= 0.6 is 11.6 Å². The van der Waals surface area contributed by atoms with Gasteiger partial charge in [-0.3, -0.25) is 0 Å². The highest BCUT2D eigenvalue weighted by Gasteiger charge is 2.41. The Hall–Kier alpha value is -0.500. The molecule has 0 atom stereocenters. The first-order chi connectivity index (χ1) is 7.38. The van der Waals surface area contributed by atoms with Crippen LogP contribution in [0.2, 0.25) is 0 Å². The molecule has 1 aromatic heterocycles. The van der Waals surface area contributed by atoms with Crippen molar-refractivity contribution in [3.63, 3.8) is 0 Å². The predicted molar refractivity (Wildman–Crippen MR) is 60.7 cm³/mol. The van der Waals surface area contributed by atoms with Crippen LogP contribution in [-0.2, 0) is 12.4 Å². The zero-order chi connectivity index (χ0) is 10.3. The van der Waals surface area contributed by atoms with Crippen LogP contribution in [0.3, 0.4) is 0 Å². The summed E-state index contributed by atoms with van der Waals surface area (Å²) in [7, 11) is 0. The van der Waals surface area contributed by atoms with E-state index >= 15 is 0 Å². The number of aromatic nitrogens is 2. The second-order valence-corrected chi connectivity index (χ2v) is 5.28. The number of rotatable bonds is 5. The summed E-state index contributed by atoms with van der Waals surface area (Å²) in [6, 6.07) is 0. The maximum absolute atomic E-state index is 5.89. The first-order valence-electron chi connectivity index (χ1n) is 5.93. The summed E-state index contributed by atoms with van der Waals surface area (Å²) in [5.41, 5.74) is 1.17. The van der Waals surface area contributed by atoms with Crippen molar-refractivity contribution in [2.45, 2.75) is 38.1 Å². The van der Waals surface area contributed by atoms with Crippen LogP contribution in [0, 0.1) is 17.8 Å². The molecule has 0 bridgehead atoms. The Morgan fingerprint density at radius 1 is 1.33 bits per heavy atom. The maximum atomic E-state index is 5.89. The molecule has 0 radical (unpaired) electrons. The van der Waals surface area contributed by atoms with Gasteiger partial charge in [0.1, 0.15) is 0 Å². The molecule has 3 rings (SSSR count). The molecule has 0 N–H and O–H groups in total. The van der Waals surface area contributed by atoms with Gasteiger partial charge in [0, 0.05) is 12.7 Å².